The molecule has 0 radical (unpaired) electrons. The summed E-state index contributed by atoms with van der Waals surface area (Å²) in [6.07, 6.45) is 2.39. The van der Waals surface area contributed by atoms with Crippen molar-refractivity contribution in [2.24, 2.45) is 0 Å². The predicted octanol–water partition coefficient (Wildman–Crippen LogP) is 5.58. The highest BCUT2D eigenvalue weighted by Crippen LogP contribution is 2.27. The van der Waals surface area contributed by atoms with Gasteiger partial charge in [0, 0.05) is 23.4 Å². The van der Waals surface area contributed by atoms with Gasteiger partial charge in [0.1, 0.15) is 5.82 Å². The minimum absolute atomic E-state index is 0.513. The molecule has 132 valence electrons. The lowest BCUT2D eigenvalue weighted by Crippen LogP contribution is -2.07. The normalized spacial score (nSPS) is 13.7. The van der Waals surface area contributed by atoms with Crippen LogP contribution in [0.1, 0.15) is 38.2 Å². The van der Waals surface area contributed by atoms with E-state index in [1.807, 2.05) is 24.3 Å². The highest BCUT2D eigenvalue weighted by molar-refractivity contribution is 5.67. The summed E-state index contributed by atoms with van der Waals surface area (Å²) in [6, 6.07) is 21.3. The van der Waals surface area contributed by atoms with E-state index in [1.165, 1.54) is 18.4 Å². The number of anilines is 3. The summed E-state index contributed by atoms with van der Waals surface area (Å²) >= 11 is 0. The predicted molar refractivity (Wildman–Crippen MR) is 108 cm³/mol. The molecule has 4 rings (SSSR count). The van der Waals surface area contributed by atoms with Crippen LogP contribution in [0, 0.1) is 0 Å². The van der Waals surface area contributed by atoms with Gasteiger partial charge in [-0.15, -0.1) is 0 Å². The molecule has 4 heteroatoms. The molecule has 0 bridgehead atoms. The van der Waals surface area contributed by atoms with Crippen molar-refractivity contribution >= 4 is 17.5 Å². The number of benzene rings is 2. The first-order valence-corrected chi connectivity index (χ1v) is 9.25. The summed E-state index contributed by atoms with van der Waals surface area (Å²) in [5.74, 6) is 2.02. The number of nitrogens with zero attached hydrogens (tertiary/aromatic N) is 2. The number of hydrogen-bond acceptors (Lipinski definition) is 4. The van der Waals surface area contributed by atoms with Crippen molar-refractivity contribution in [3.8, 4) is 11.3 Å². The average Bonchev–Trinajstić information content (AvgIpc) is 3.47. The molecule has 1 aromatic heterocycles. The third-order valence-electron chi connectivity index (χ3n) is 4.56. The summed E-state index contributed by atoms with van der Waals surface area (Å²) in [5.41, 5.74) is 4.38. The Balaban J connectivity index is 1.63. The van der Waals surface area contributed by atoms with Gasteiger partial charge in [-0.05, 0) is 36.5 Å². The average molecular weight is 344 g/mol. The van der Waals surface area contributed by atoms with E-state index in [2.05, 4.69) is 65.9 Å². The monoisotopic (exact) mass is 344 g/mol. The van der Waals surface area contributed by atoms with E-state index >= 15 is 0 Å². The largest absolute Gasteiger partial charge is 0.351 e. The maximum absolute atomic E-state index is 4.70. The summed E-state index contributed by atoms with van der Waals surface area (Å²) in [4.78, 5) is 9.36. The topological polar surface area (TPSA) is 49.8 Å². The van der Waals surface area contributed by atoms with E-state index in [1.54, 1.807) is 0 Å². The first-order valence-electron chi connectivity index (χ1n) is 9.25. The van der Waals surface area contributed by atoms with Crippen molar-refractivity contribution < 1.29 is 0 Å². The minimum atomic E-state index is 0.513. The molecule has 1 fully saturated rings. The van der Waals surface area contributed by atoms with Gasteiger partial charge in [-0.3, -0.25) is 0 Å². The van der Waals surface area contributed by atoms with Crippen LogP contribution in [0.5, 0.6) is 0 Å². The molecular weight excluding hydrogens is 320 g/mol. The van der Waals surface area contributed by atoms with Crippen LogP contribution >= 0.6 is 0 Å². The van der Waals surface area contributed by atoms with Gasteiger partial charge in [0.05, 0.1) is 5.69 Å². The molecule has 1 heterocycles. The van der Waals surface area contributed by atoms with Crippen LogP contribution in [0.15, 0.2) is 60.7 Å². The Morgan fingerprint density at radius 3 is 2.31 bits per heavy atom. The van der Waals surface area contributed by atoms with Crippen molar-refractivity contribution in [2.75, 3.05) is 10.6 Å². The molecule has 0 amide bonds. The number of aromatic nitrogens is 2. The zero-order valence-corrected chi connectivity index (χ0v) is 15.2. The van der Waals surface area contributed by atoms with Crippen molar-refractivity contribution in [1.29, 1.82) is 0 Å². The van der Waals surface area contributed by atoms with E-state index in [-0.39, 0.29) is 0 Å². The van der Waals surface area contributed by atoms with Gasteiger partial charge in [-0.2, -0.15) is 4.98 Å². The van der Waals surface area contributed by atoms with Crippen LogP contribution in [0.4, 0.5) is 17.5 Å². The molecule has 0 saturated heterocycles. The smallest absolute Gasteiger partial charge is 0.225 e. The van der Waals surface area contributed by atoms with Gasteiger partial charge >= 0.3 is 0 Å². The Hall–Kier alpha value is -2.88. The molecule has 0 unspecified atom stereocenters. The highest BCUT2D eigenvalue weighted by atomic mass is 15.2. The van der Waals surface area contributed by atoms with Crippen molar-refractivity contribution in [2.45, 2.75) is 38.6 Å². The fourth-order valence-electron chi connectivity index (χ4n) is 2.84. The first kappa shape index (κ1) is 16.6. The van der Waals surface area contributed by atoms with Gasteiger partial charge in [0.15, 0.2) is 0 Å². The Bertz CT molecular complexity index is 868. The lowest BCUT2D eigenvalue weighted by atomic mass is 10.0. The zero-order chi connectivity index (χ0) is 17.9. The number of hydrogen-bond donors (Lipinski definition) is 2. The van der Waals surface area contributed by atoms with Crippen LogP contribution in [0.3, 0.4) is 0 Å². The van der Waals surface area contributed by atoms with Crippen LogP contribution in [0.25, 0.3) is 11.3 Å². The van der Waals surface area contributed by atoms with E-state index in [0.29, 0.717) is 17.9 Å². The van der Waals surface area contributed by atoms with Crippen molar-refractivity contribution in [3.05, 3.63) is 66.2 Å². The van der Waals surface area contributed by atoms with Crippen LogP contribution < -0.4 is 10.6 Å². The molecule has 1 saturated carbocycles. The van der Waals surface area contributed by atoms with E-state index in [4.69, 9.17) is 4.98 Å². The van der Waals surface area contributed by atoms with Crippen LogP contribution in [-0.2, 0) is 0 Å². The molecule has 26 heavy (non-hydrogen) atoms. The second kappa shape index (κ2) is 7.16. The van der Waals surface area contributed by atoms with Crippen molar-refractivity contribution in [3.63, 3.8) is 0 Å². The molecule has 2 N–H and O–H groups in total. The van der Waals surface area contributed by atoms with Gasteiger partial charge in [0.2, 0.25) is 5.95 Å². The molecule has 0 aliphatic heterocycles. The van der Waals surface area contributed by atoms with Gasteiger partial charge in [0.25, 0.3) is 0 Å². The summed E-state index contributed by atoms with van der Waals surface area (Å²) < 4.78 is 0. The molecule has 2 aromatic carbocycles. The Morgan fingerprint density at radius 2 is 1.65 bits per heavy atom. The van der Waals surface area contributed by atoms with Gasteiger partial charge in [-0.25, -0.2) is 4.98 Å². The molecule has 1 aliphatic rings. The summed E-state index contributed by atoms with van der Waals surface area (Å²) in [5, 5.41) is 6.84. The maximum atomic E-state index is 4.70. The SMILES string of the molecule is CC(C)c1ccc(Nc2cc(-c3ccccc3)nc(NC3CC3)n2)cc1. The number of nitrogens with one attached hydrogen (secondary N) is 2. The molecule has 3 aromatic rings. The van der Waals surface area contributed by atoms with Crippen LogP contribution in [0.2, 0.25) is 0 Å². The standard InChI is InChI=1S/C22H24N4/c1-15(2)16-8-10-18(11-9-16)23-21-14-20(17-6-4-3-5-7-17)25-22(26-21)24-19-12-13-19/h3-11,14-15,19H,12-13H2,1-2H3,(H2,23,24,25,26). The first-order chi connectivity index (χ1) is 12.7. The van der Waals surface area contributed by atoms with Crippen LogP contribution in [-0.4, -0.2) is 16.0 Å². The second-order valence-electron chi connectivity index (χ2n) is 7.15. The van der Waals surface area contributed by atoms with Gasteiger partial charge < -0.3 is 10.6 Å². The van der Waals surface area contributed by atoms with Crippen molar-refractivity contribution in [1.82, 2.24) is 9.97 Å². The molecule has 0 spiro atoms. The molecule has 4 nitrogen and oxygen atoms in total. The highest BCUT2D eigenvalue weighted by Gasteiger charge is 2.22. The Morgan fingerprint density at radius 1 is 0.923 bits per heavy atom. The quantitative estimate of drug-likeness (QED) is 0.612. The molecule has 0 atom stereocenters. The molecular formula is C22H24N4. The second-order valence-corrected chi connectivity index (χ2v) is 7.15. The fraction of sp³-hybridized carbons (Fsp3) is 0.273. The summed E-state index contributed by atoms with van der Waals surface area (Å²) in [6.45, 7) is 4.41. The number of rotatable bonds is 6. The molecule has 1 aliphatic carbocycles. The van der Waals surface area contributed by atoms with E-state index < -0.39 is 0 Å². The van der Waals surface area contributed by atoms with E-state index in [9.17, 15) is 0 Å². The lowest BCUT2D eigenvalue weighted by Gasteiger charge is -2.12. The Labute approximate surface area is 154 Å². The lowest BCUT2D eigenvalue weighted by molar-refractivity contribution is 0.867. The third kappa shape index (κ3) is 4.02. The summed E-state index contributed by atoms with van der Waals surface area (Å²) in [7, 11) is 0. The fourth-order valence-corrected chi connectivity index (χ4v) is 2.84. The van der Waals surface area contributed by atoms with Gasteiger partial charge in [-0.1, -0.05) is 56.3 Å². The third-order valence-corrected chi connectivity index (χ3v) is 4.56. The van der Waals surface area contributed by atoms with E-state index in [0.717, 1.165) is 22.8 Å². The minimum Gasteiger partial charge on any atom is -0.351 e. The maximum Gasteiger partial charge on any atom is 0.225 e. The zero-order valence-electron chi connectivity index (χ0n) is 15.2. The Kier molecular flexibility index (Phi) is 4.57.